The first-order valence-corrected chi connectivity index (χ1v) is 6.15. The van der Waals surface area contributed by atoms with Gasteiger partial charge in [0.15, 0.2) is 0 Å². The zero-order chi connectivity index (χ0) is 13.3. The van der Waals surface area contributed by atoms with E-state index in [1.807, 2.05) is 13.8 Å². The highest BCUT2D eigenvalue weighted by atomic mass is 16.3. The monoisotopic (exact) mass is 249 g/mol. The molecule has 2 atom stereocenters. The third kappa shape index (κ3) is 2.34. The molecule has 98 valence electrons. The van der Waals surface area contributed by atoms with Crippen LogP contribution in [0.15, 0.2) is 24.3 Å². The molecule has 1 amide bonds. The summed E-state index contributed by atoms with van der Waals surface area (Å²) in [6, 6.07) is 6.82. The van der Waals surface area contributed by atoms with Crippen LogP contribution in [-0.4, -0.2) is 28.3 Å². The highest BCUT2D eigenvalue weighted by Crippen LogP contribution is 2.40. The van der Waals surface area contributed by atoms with Crippen molar-refractivity contribution in [3.8, 4) is 5.75 Å². The summed E-state index contributed by atoms with van der Waals surface area (Å²) in [5, 5.41) is 22.1. The lowest BCUT2D eigenvalue weighted by Gasteiger charge is -2.49. The van der Waals surface area contributed by atoms with Gasteiger partial charge >= 0.3 is 0 Å². The number of benzene rings is 1. The van der Waals surface area contributed by atoms with Gasteiger partial charge in [0.2, 0.25) is 5.91 Å². The van der Waals surface area contributed by atoms with E-state index in [0.29, 0.717) is 12.0 Å². The molecule has 18 heavy (non-hydrogen) atoms. The van der Waals surface area contributed by atoms with Crippen molar-refractivity contribution >= 4 is 5.91 Å². The summed E-state index contributed by atoms with van der Waals surface area (Å²) < 4.78 is 0. The fraction of sp³-hybridized carbons (Fsp3) is 0.500. The highest BCUT2D eigenvalue weighted by Gasteiger charge is 2.47. The van der Waals surface area contributed by atoms with Gasteiger partial charge in [-0.15, -0.1) is 0 Å². The van der Waals surface area contributed by atoms with Crippen molar-refractivity contribution in [2.75, 3.05) is 0 Å². The van der Waals surface area contributed by atoms with Gasteiger partial charge in [0.25, 0.3) is 0 Å². The number of hydrogen-bond acceptors (Lipinski definition) is 3. The summed E-state index contributed by atoms with van der Waals surface area (Å²) in [5.74, 6) is 0.0158. The minimum atomic E-state index is -0.354. The van der Waals surface area contributed by atoms with Gasteiger partial charge in [-0.2, -0.15) is 0 Å². The maximum absolute atomic E-state index is 11.9. The van der Waals surface area contributed by atoms with E-state index in [-0.39, 0.29) is 35.6 Å². The van der Waals surface area contributed by atoms with Crippen LogP contribution in [0.3, 0.4) is 0 Å². The van der Waals surface area contributed by atoms with E-state index in [4.69, 9.17) is 0 Å². The lowest BCUT2D eigenvalue weighted by Crippen LogP contribution is -2.61. The van der Waals surface area contributed by atoms with Crippen molar-refractivity contribution in [2.45, 2.75) is 38.8 Å². The third-order valence-corrected chi connectivity index (χ3v) is 3.89. The molecule has 0 saturated heterocycles. The molecule has 0 aliphatic heterocycles. The first kappa shape index (κ1) is 12.9. The SMILES string of the molecule is CC1(C)C(O)CC1NC(=O)Cc1ccccc1O. The molecule has 1 aliphatic carbocycles. The molecule has 1 aromatic carbocycles. The average molecular weight is 249 g/mol. The Balaban J connectivity index is 1.93. The summed E-state index contributed by atoms with van der Waals surface area (Å²) in [7, 11) is 0. The fourth-order valence-corrected chi connectivity index (χ4v) is 2.23. The highest BCUT2D eigenvalue weighted by molar-refractivity contribution is 5.79. The lowest BCUT2D eigenvalue weighted by molar-refractivity contribution is -0.128. The van der Waals surface area contributed by atoms with Crippen molar-refractivity contribution in [2.24, 2.45) is 5.41 Å². The summed E-state index contributed by atoms with van der Waals surface area (Å²) in [5.41, 5.74) is 0.349. The Bertz CT molecular complexity index is 456. The number of aliphatic hydroxyl groups is 1. The van der Waals surface area contributed by atoms with E-state index in [1.54, 1.807) is 24.3 Å². The molecule has 0 heterocycles. The summed E-state index contributed by atoms with van der Waals surface area (Å²) in [6.45, 7) is 3.87. The average Bonchev–Trinajstić information content (AvgIpc) is 2.32. The van der Waals surface area contributed by atoms with Gasteiger partial charge in [0, 0.05) is 17.0 Å². The molecular formula is C14H19NO3. The normalized spacial score (nSPS) is 25.3. The number of carbonyl (C=O) groups is 1. The number of amides is 1. The molecule has 0 spiro atoms. The van der Waals surface area contributed by atoms with Crippen LogP contribution in [0, 0.1) is 5.41 Å². The summed E-state index contributed by atoms with van der Waals surface area (Å²) in [6.07, 6.45) is 0.405. The Morgan fingerprint density at radius 1 is 1.44 bits per heavy atom. The number of hydrogen-bond donors (Lipinski definition) is 3. The molecular weight excluding hydrogens is 230 g/mol. The minimum absolute atomic E-state index is 0.00542. The Kier molecular flexibility index (Phi) is 3.30. The van der Waals surface area contributed by atoms with E-state index in [0.717, 1.165) is 0 Å². The van der Waals surface area contributed by atoms with E-state index >= 15 is 0 Å². The molecule has 2 rings (SSSR count). The number of nitrogens with one attached hydrogen (secondary N) is 1. The molecule has 4 nitrogen and oxygen atoms in total. The number of rotatable bonds is 3. The fourth-order valence-electron chi connectivity index (χ4n) is 2.23. The minimum Gasteiger partial charge on any atom is -0.508 e. The lowest BCUT2D eigenvalue weighted by atomic mass is 9.64. The van der Waals surface area contributed by atoms with Crippen LogP contribution >= 0.6 is 0 Å². The van der Waals surface area contributed by atoms with Crippen molar-refractivity contribution in [1.82, 2.24) is 5.32 Å². The Labute approximate surface area is 107 Å². The van der Waals surface area contributed by atoms with Crippen molar-refractivity contribution in [1.29, 1.82) is 0 Å². The predicted molar refractivity (Wildman–Crippen MR) is 68.1 cm³/mol. The molecule has 1 saturated carbocycles. The summed E-state index contributed by atoms with van der Waals surface area (Å²) in [4.78, 5) is 11.9. The second-order valence-corrected chi connectivity index (χ2v) is 5.50. The molecule has 1 fully saturated rings. The first-order chi connectivity index (χ1) is 8.41. The largest absolute Gasteiger partial charge is 0.508 e. The molecule has 4 heteroatoms. The number of para-hydroxylation sites is 1. The van der Waals surface area contributed by atoms with Crippen LogP contribution in [0.4, 0.5) is 0 Å². The first-order valence-electron chi connectivity index (χ1n) is 6.15. The van der Waals surface area contributed by atoms with Crippen LogP contribution in [0.25, 0.3) is 0 Å². The van der Waals surface area contributed by atoms with Gasteiger partial charge in [-0.25, -0.2) is 0 Å². The third-order valence-electron chi connectivity index (χ3n) is 3.89. The Hall–Kier alpha value is -1.55. The zero-order valence-corrected chi connectivity index (χ0v) is 10.7. The van der Waals surface area contributed by atoms with Crippen LogP contribution in [0.1, 0.15) is 25.8 Å². The van der Waals surface area contributed by atoms with Crippen LogP contribution in [-0.2, 0) is 11.2 Å². The predicted octanol–water partition coefficient (Wildman–Crippen LogP) is 1.21. The molecule has 0 bridgehead atoms. The van der Waals surface area contributed by atoms with E-state index in [9.17, 15) is 15.0 Å². The summed E-state index contributed by atoms with van der Waals surface area (Å²) >= 11 is 0. The maximum Gasteiger partial charge on any atom is 0.224 e. The number of phenols is 1. The zero-order valence-electron chi connectivity index (χ0n) is 10.7. The topological polar surface area (TPSA) is 69.6 Å². The molecule has 1 aromatic rings. The van der Waals surface area contributed by atoms with Crippen molar-refractivity contribution < 1.29 is 15.0 Å². The molecule has 2 unspecified atom stereocenters. The molecule has 3 N–H and O–H groups in total. The van der Waals surface area contributed by atoms with Gasteiger partial charge in [0.05, 0.1) is 12.5 Å². The number of phenolic OH excluding ortho intramolecular Hbond substituents is 1. The Morgan fingerprint density at radius 3 is 2.67 bits per heavy atom. The molecule has 0 aromatic heterocycles. The van der Waals surface area contributed by atoms with Crippen LogP contribution < -0.4 is 5.32 Å². The van der Waals surface area contributed by atoms with E-state index < -0.39 is 0 Å². The van der Waals surface area contributed by atoms with Crippen molar-refractivity contribution in [3.63, 3.8) is 0 Å². The molecule has 1 aliphatic rings. The van der Waals surface area contributed by atoms with Gasteiger partial charge < -0.3 is 15.5 Å². The smallest absolute Gasteiger partial charge is 0.224 e. The van der Waals surface area contributed by atoms with Gasteiger partial charge in [-0.05, 0) is 12.5 Å². The quantitative estimate of drug-likeness (QED) is 0.754. The second-order valence-electron chi connectivity index (χ2n) is 5.50. The number of carbonyl (C=O) groups excluding carboxylic acids is 1. The van der Waals surface area contributed by atoms with Gasteiger partial charge in [-0.1, -0.05) is 32.0 Å². The Morgan fingerprint density at radius 2 is 2.11 bits per heavy atom. The number of aliphatic hydroxyl groups excluding tert-OH is 1. The molecule has 0 radical (unpaired) electrons. The van der Waals surface area contributed by atoms with Crippen molar-refractivity contribution in [3.05, 3.63) is 29.8 Å². The second kappa shape index (κ2) is 4.61. The van der Waals surface area contributed by atoms with Gasteiger partial charge in [0.1, 0.15) is 5.75 Å². The van der Waals surface area contributed by atoms with E-state index in [1.165, 1.54) is 0 Å². The van der Waals surface area contributed by atoms with Crippen LogP contribution in [0.5, 0.6) is 5.75 Å². The maximum atomic E-state index is 11.9. The van der Waals surface area contributed by atoms with E-state index in [2.05, 4.69) is 5.32 Å². The standard InChI is InChI=1S/C14H19NO3/c1-14(2)11(8-12(14)17)15-13(18)7-9-5-3-4-6-10(9)16/h3-6,11-12,16-17H,7-8H2,1-2H3,(H,15,18). The van der Waals surface area contributed by atoms with Gasteiger partial charge in [-0.3, -0.25) is 4.79 Å². The van der Waals surface area contributed by atoms with Crippen LogP contribution in [0.2, 0.25) is 0 Å². The number of aromatic hydroxyl groups is 1.